The van der Waals surface area contributed by atoms with Crippen LogP contribution in [-0.4, -0.2) is 54.0 Å². The lowest BCUT2D eigenvalue weighted by Gasteiger charge is -2.15. The zero-order chi connectivity index (χ0) is 19.6. The van der Waals surface area contributed by atoms with Crippen molar-refractivity contribution >= 4 is 21.8 Å². The lowest BCUT2D eigenvalue weighted by molar-refractivity contribution is 0.0474. The van der Waals surface area contributed by atoms with Crippen LogP contribution in [-0.2, 0) is 21.8 Å². The summed E-state index contributed by atoms with van der Waals surface area (Å²) in [6.07, 6.45) is 3.11. The molecule has 27 heavy (non-hydrogen) atoms. The van der Waals surface area contributed by atoms with Gasteiger partial charge in [-0.1, -0.05) is 0 Å². The van der Waals surface area contributed by atoms with Crippen LogP contribution in [0.3, 0.4) is 0 Å². The Morgan fingerprint density at radius 1 is 1.15 bits per heavy atom. The standard InChI is InChI=1S/C18H21N3O5S/c1-13-16(11-19-20(13)2)18(23)26-12-17(22)14-5-7-15(8-6-14)27(24,25)21-9-3-4-10-21/h5-8,11H,3-4,9-10,12H2,1-2H3. The summed E-state index contributed by atoms with van der Waals surface area (Å²) >= 11 is 0. The summed E-state index contributed by atoms with van der Waals surface area (Å²) < 4.78 is 33.0. The molecule has 8 nitrogen and oxygen atoms in total. The number of aromatic nitrogens is 2. The number of aryl methyl sites for hydroxylation is 1. The van der Waals surface area contributed by atoms with E-state index in [4.69, 9.17) is 4.74 Å². The Morgan fingerprint density at radius 2 is 1.78 bits per heavy atom. The van der Waals surface area contributed by atoms with Gasteiger partial charge in [-0.3, -0.25) is 9.48 Å². The van der Waals surface area contributed by atoms with E-state index >= 15 is 0 Å². The average Bonchev–Trinajstić information content (AvgIpc) is 3.31. The molecule has 1 aliphatic rings. The molecule has 0 aliphatic carbocycles. The monoisotopic (exact) mass is 391 g/mol. The van der Waals surface area contributed by atoms with E-state index in [1.165, 1.54) is 39.4 Å². The Kier molecular flexibility index (Phi) is 5.43. The van der Waals surface area contributed by atoms with Crippen molar-refractivity contribution in [1.29, 1.82) is 0 Å². The molecule has 0 saturated carbocycles. The number of ether oxygens (including phenoxy) is 1. The van der Waals surface area contributed by atoms with Gasteiger partial charge in [0.1, 0.15) is 5.56 Å². The highest BCUT2D eigenvalue weighted by Gasteiger charge is 2.27. The second-order valence-electron chi connectivity index (χ2n) is 6.40. The van der Waals surface area contributed by atoms with Crippen LogP contribution in [0.5, 0.6) is 0 Å². The fraction of sp³-hybridized carbons (Fsp3) is 0.389. The number of rotatable bonds is 6. The molecule has 0 bridgehead atoms. The molecule has 2 aromatic rings. The molecule has 0 amide bonds. The smallest absolute Gasteiger partial charge is 0.342 e. The number of carbonyl (C=O) groups is 2. The maximum Gasteiger partial charge on any atom is 0.342 e. The summed E-state index contributed by atoms with van der Waals surface area (Å²) in [7, 11) is -1.81. The summed E-state index contributed by atoms with van der Waals surface area (Å²) in [6.45, 7) is 2.34. The molecule has 0 N–H and O–H groups in total. The minimum atomic E-state index is -3.52. The van der Waals surface area contributed by atoms with E-state index in [9.17, 15) is 18.0 Å². The molecule has 0 radical (unpaired) electrons. The second-order valence-corrected chi connectivity index (χ2v) is 8.34. The van der Waals surface area contributed by atoms with Gasteiger partial charge < -0.3 is 4.74 Å². The van der Waals surface area contributed by atoms with Crippen LogP contribution in [0.2, 0.25) is 0 Å². The highest BCUT2D eigenvalue weighted by molar-refractivity contribution is 7.89. The number of carbonyl (C=O) groups excluding carboxylic acids is 2. The Bertz CT molecular complexity index is 957. The Balaban J connectivity index is 1.64. The molecule has 2 heterocycles. The first kappa shape index (κ1) is 19.2. The highest BCUT2D eigenvalue weighted by Crippen LogP contribution is 2.21. The molecular weight excluding hydrogens is 370 g/mol. The number of nitrogens with zero attached hydrogens (tertiary/aromatic N) is 3. The maximum atomic E-state index is 12.5. The third-order valence-electron chi connectivity index (χ3n) is 4.67. The van der Waals surface area contributed by atoms with Gasteiger partial charge in [0.2, 0.25) is 10.0 Å². The van der Waals surface area contributed by atoms with Crippen molar-refractivity contribution in [3.05, 3.63) is 47.3 Å². The molecule has 1 aliphatic heterocycles. The topological polar surface area (TPSA) is 98.6 Å². The molecular formula is C18H21N3O5S. The Hall–Kier alpha value is -2.52. The molecule has 1 aromatic carbocycles. The highest BCUT2D eigenvalue weighted by atomic mass is 32.2. The van der Waals surface area contributed by atoms with Gasteiger partial charge in [0.15, 0.2) is 12.4 Å². The summed E-state index contributed by atoms with van der Waals surface area (Å²) in [5.74, 6) is -1.03. The molecule has 0 unspecified atom stereocenters. The third-order valence-corrected chi connectivity index (χ3v) is 6.58. The lowest BCUT2D eigenvalue weighted by atomic mass is 10.1. The summed E-state index contributed by atoms with van der Waals surface area (Å²) in [4.78, 5) is 24.4. The van der Waals surface area contributed by atoms with Gasteiger partial charge >= 0.3 is 5.97 Å². The Labute approximate surface area is 157 Å². The molecule has 3 rings (SSSR count). The van der Waals surface area contributed by atoms with E-state index in [1.54, 1.807) is 14.0 Å². The molecule has 0 spiro atoms. The van der Waals surface area contributed by atoms with Crippen LogP contribution < -0.4 is 0 Å². The van der Waals surface area contributed by atoms with E-state index in [2.05, 4.69) is 5.10 Å². The fourth-order valence-electron chi connectivity index (χ4n) is 2.88. The van der Waals surface area contributed by atoms with Gasteiger partial charge in [-0.2, -0.15) is 9.40 Å². The first-order chi connectivity index (χ1) is 12.8. The van der Waals surface area contributed by atoms with Crippen LogP contribution in [0.4, 0.5) is 0 Å². The fourth-order valence-corrected chi connectivity index (χ4v) is 4.40. The number of ketones is 1. The largest absolute Gasteiger partial charge is 0.454 e. The summed E-state index contributed by atoms with van der Waals surface area (Å²) in [6, 6.07) is 5.70. The maximum absolute atomic E-state index is 12.5. The van der Waals surface area contributed by atoms with Crippen LogP contribution >= 0.6 is 0 Å². The zero-order valence-electron chi connectivity index (χ0n) is 15.2. The first-order valence-electron chi connectivity index (χ1n) is 8.60. The van der Waals surface area contributed by atoms with Gasteiger partial charge in [-0.05, 0) is 44.0 Å². The SMILES string of the molecule is Cc1c(C(=O)OCC(=O)c2ccc(S(=O)(=O)N3CCCC3)cc2)cnn1C. The quantitative estimate of drug-likeness (QED) is 0.547. The van der Waals surface area contributed by atoms with Crippen molar-refractivity contribution < 1.29 is 22.7 Å². The van der Waals surface area contributed by atoms with E-state index in [0.717, 1.165) is 12.8 Å². The normalized spacial score (nSPS) is 15.0. The van der Waals surface area contributed by atoms with Gasteiger partial charge in [0, 0.05) is 31.4 Å². The first-order valence-corrected chi connectivity index (χ1v) is 10.0. The van der Waals surface area contributed by atoms with Crippen molar-refractivity contribution in [2.24, 2.45) is 7.05 Å². The molecule has 1 fully saturated rings. The molecule has 1 aromatic heterocycles. The van der Waals surface area contributed by atoms with Gasteiger partial charge in [-0.25, -0.2) is 13.2 Å². The molecule has 0 atom stereocenters. The van der Waals surface area contributed by atoms with Crippen molar-refractivity contribution in [3.63, 3.8) is 0 Å². The summed E-state index contributed by atoms with van der Waals surface area (Å²) in [5.41, 5.74) is 1.23. The van der Waals surface area contributed by atoms with Crippen molar-refractivity contribution in [2.75, 3.05) is 19.7 Å². The van der Waals surface area contributed by atoms with Crippen molar-refractivity contribution in [3.8, 4) is 0 Å². The number of esters is 1. The van der Waals surface area contributed by atoms with Crippen molar-refractivity contribution in [1.82, 2.24) is 14.1 Å². The summed E-state index contributed by atoms with van der Waals surface area (Å²) in [5, 5.41) is 3.96. The van der Waals surface area contributed by atoms with E-state index < -0.39 is 28.4 Å². The predicted octanol–water partition coefficient (Wildman–Crippen LogP) is 1.55. The zero-order valence-corrected chi connectivity index (χ0v) is 16.0. The lowest BCUT2D eigenvalue weighted by Crippen LogP contribution is -2.27. The van der Waals surface area contributed by atoms with E-state index in [-0.39, 0.29) is 10.5 Å². The molecule has 9 heteroatoms. The van der Waals surface area contributed by atoms with Crippen LogP contribution in [0, 0.1) is 6.92 Å². The van der Waals surface area contributed by atoms with Crippen LogP contribution in [0.1, 0.15) is 39.3 Å². The van der Waals surface area contributed by atoms with E-state index in [1.807, 2.05) is 0 Å². The number of hydrogen-bond donors (Lipinski definition) is 0. The minimum absolute atomic E-state index is 0.156. The average molecular weight is 391 g/mol. The minimum Gasteiger partial charge on any atom is -0.454 e. The van der Waals surface area contributed by atoms with Crippen LogP contribution in [0.15, 0.2) is 35.4 Å². The Morgan fingerprint density at radius 3 is 2.33 bits per heavy atom. The number of hydrogen-bond acceptors (Lipinski definition) is 6. The van der Waals surface area contributed by atoms with Crippen LogP contribution in [0.25, 0.3) is 0 Å². The number of sulfonamides is 1. The predicted molar refractivity (Wildman–Crippen MR) is 97.0 cm³/mol. The van der Waals surface area contributed by atoms with Crippen molar-refractivity contribution in [2.45, 2.75) is 24.7 Å². The van der Waals surface area contributed by atoms with Gasteiger partial charge in [0.25, 0.3) is 0 Å². The second kappa shape index (κ2) is 7.61. The third kappa shape index (κ3) is 3.93. The van der Waals surface area contributed by atoms with Gasteiger partial charge in [0.05, 0.1) is 11.1 Å². The van der Waals surface area contributed by atoms with E-state index in [0.29, 0.717) is 24.3 Å². The number of Topliss-reactive ketones (excluding diaryl/α,β-unsaturated/α-hetero) is 1. The molecule has 144 valence electrons. The number of benzene rings is 1. The van der Waals surface area contributed by atoms with Gasteiger partial charge in [-0.15, -0.1) is 0 Å². The molecule has 1 saturated heterocycles.